The van der Waals surface area contributed by atoms with Crippen LogP contribution in [-0.4, -0.2) is 32.8 Å². The van der Waals surface area contributed by atoms with Crippen molar-refractivity contribution in [1.82, 2.24) is 10.6 Å². The van der Waals surface area contributed by atoms with Crippen molar-refractivity contribution >= 4 is 6.09 Å². The second-order valence-electron chi connectivity index (χ2n) is 3.07. The third kappa shape index (κ3) is 3.09. The lowest BCUT2D eigenvalue weighted by Gasteiger charge is -2.07. The number of nitrogens with one attached hydrogen (secondary N) is 2. The molecule has 4 heteroatoms. The zero-order valence-electron chi connectivity index (χ0n) is 7.43. The van der Waals surface area contributed by atoms with Crippen molar-refractivity contribution in [2.45, 2.75) is 12.8 Å². The predicted octanol–water partition coefficient (Wildman–Crippen LogP) is 0.342. The summed E-state index contributed by atoms with van der Waals surface area (Å²) in [5.41, 5.74) is 0. The Labute approximate surface area is 72.7 Å². The lowest BCUT2D eigenvalue weighted by Crippen LogP contribution is -2.26. The summed E-state index contributed by atoms with van der Waals surface area (Å²) < 4.78 is 4.45. The van der Waals surface area contributed by atoms with Crippen LogP contribution < -0.4 is 10.6 Å². The van der Waals surface area contributed by atoms with Crippen LogP contribution in [0.4, 0.5) is 4.79 Å². The fraction of sp³-hybridized carbons (Fsp3) is 0.875. The molecule has 0 aromatic rings. The molecule has 1 heterocycles. The van der Waals surface area contributed by atoms with E-state index in [0.29, 0.717) is 0 Å². The monoisotopic (exact) mass is 172 g/mol. The van der Waals surface area contributed by atoms with Gasteiger partial charge in [0.25, 0.3) is 0 Å². The number of rotatable bonds is 3. The van der Waals surface area contributed by atoms with E-state index in [9.17, 15) is 4.79 Å². The summed E-state index contributed by atoms with van der Waals surface area (Å²) in [5, 5.41) is 5.95. The molecule has 1 atom stereocenters. The molecule has 12 heavy (non-hydrogen) atoms. The molecular formula is C8H16N2O2. The van der Waals surface area contributed by atoms with Crippen molar-refractivity contribution in [3.8, 4) is 0 Å². The fourth-order valence-corrected chi connectivity index (χ4v) is 1.41. The lowest BCUT2D eigenvalue weighted by atomic mass is 10.1. The molecule has 1 fully saturated rings. The number of carbonyl (C=O) groups excluding carboxylic acids is 1. The number of hydrogen-bond acceptors (Lipinski definition) is 3. The summed E-state index contributed by atoms with van der Waals surface area (Å²) in [6.45, 7) is 2.92. The van der Waals surface area contributed by atoms with Crippen LogP contribution in [0.25, 0.3) is 0 Å². The third-order valence-corrected chi connectivity index (χ3v) is 2.17. The highest BCUT2D eigenvalue weighted by molar-refractivity contribution is 5.66. The molecule has 0 spiro atoms. The summed E-state index contributed by atoms with van der Waals surface area (Å²) in [6.07, 6.45) is 1.94. The Hall–Kier alpha value is -0.770. The van der Waals surface area contributed by atoms with Gasteiger partial charge in [0.05, 0.1) is 7.11 Å². The van der Waals surface area contributed by atoms with E-state index in [-0.39, 0.29) is 6.09 Å². The van der Waals surface area contributed by atoms with E-state index in [1.807, 2.05) is 0 Å². The molecule has 1 unspecified atom stereocenters. The minimum absolute atomic E-state index is 0.332. The maximum absolute atomic E-state index is 10.6. The van der Waals surface area contributed by atoms with Crippen LogP contribution in [0.1, 0.15) is 12.8 Å². The fourth-order valence-electron chi connectivity index (χ4n) is 1.41. The van der Waals surface area contributed by atoms with Crippen LogP contribution in [-0.2, 0) is 4.74 Å². The average molecular weight is 172 g/mol. The molecule has 0 aromatic carbocycles. The van der Waals surface area contributed by atoms with Gasteiger partial charge in [0.1, 0.15) is 0 Å². The maximum atomic E-state index is 10.6. The highest BCUT2D eigenvalue weighted by Crippen LogP contribution is 2.10. The van der Waals surface area contributed by atoms with Gasteiger partial charge in [0, 0.05) is 6.54 Å². The van der Waals surface area contributed by atoms with Crippen LogP contribution in [0.3, 0.4) is 0 Å². The molecule has 1 rings (SSSR count). The first-order valence-corrected chi connectivity index (χ1v) is 4.35. The number of amides is 1. The molecule has 0 aliphatic carbocycles. The van der Waals surface area contributed by atoms with Crippen LogP contribution in [0, 0.1) is 5.92 Å². The Bertz CT molecular complexity index is 144. The van der Waals surface area contributed by atoms with Gasteiger partial charge in [-0.15, -0.1) is 0 Å². The molecule has 70 valence electrons. The summed E-state index contributed by atoms with van der Waals surface area (Å²) in [4.78, 5) is 10.6. The molecule has 0 bridgehead atoms. The van der Waals surface area contributed by atoms with Crippen LogP contribution in [0.5, 0.6) is 0 Å². The van der Waals surface area contributed by atoms with Crippen LogP contribution in [0.15, 0.2) is 0 Å². The minimum atomic E-state index is -0.332. The Morgan fingerprint density at radius 1 is 1.75 bits per heavy atom. The van der Waals surface area contributed by atoms with E-state index < -0.39 is 0 Å². The summed E-state index contributed by atoms with van der Waals surface area (Å²) in [6, 6.07) is 0. The van der Waals surface area contributed by atoms with Gasteiger partial charge in [-0.05, 0) is 31.8 Å². The minimum Gasteiger partial charge on any atom is -0.453 e. The van der Waals surface area contributed by atoms with Gasteiger partial charge in [0.2, 0.25) is 0 Å². The Morgan fingerprint density at radius 2 is 2.58 bits per heavy atom. The zero-order chi connectivity index (χ0) is 8.81. The van der Waals surface area contributed by atoms with Gasteiger partial charge in [0.15, 0.2) is 0 Å². The summed E-state index contributed by atoms with van der Waals surface area (Å²) in [5.74, 6) is 0.724. The SMILES string of the molecule is COC(=O)NCCC1CCNC1. The highest BCUT2D eigenvalue weighted by Gasteiger charge is 2.13. The largest absolute Gasteiger partial charge is 0.453 e. The van der Waals surface area contributed by atoms with Crippen LogP contribution >= 0.6 is 0 Å². The van der Waals surface area contributed by atoms with Gasteiger partial charge in [-0.2, -0.15) is 0 Å². The molecule has 0 aromatic heterocycles. The molecule has 1 aliphatic heterocycles. The van der Waals surface area contributed by atoms with Crippen molar-refractivity contribution in [2.75, 3.05) is 26.7 Å². The lowest BCUT2D eigenvalue weighted by molar-refractivity contribution is 0.170. The number of ether oxygens (including phenoxy) is 1. The summed E-state index contributed by atoms with van der Waals surface area (Å²) in [7, 11) is 1.38. The highest BCUT2D eigenvalue weighted by atomic mass is 16.5. The molecule has 4 nitrogen and oxygen atoms in total. The van der Waals surface area contributed by atoms with Crippen molar-refractivity contribution in [3.05, 3.63) is 0 Å². The molecular weight excluding hydrogens is 156 g/mol. The van der Waals surface area contributed by atoms with Gasteiger partial charge in [-0.25, -0.2) is 4.79 Å². The number of hydrogen-bond donors (Lipinski definition) is 2. The quantitative estimate of drug-likeness (QED) is 0.645. The van der Waals surface area contributed by atoms with E-state index in [1.165, 1.54) is 13.5 Å². The molecule has 1 aliphatic rings. The summed E-state index contributed by atoms with van der Waals surface area (Å²) >= 11 is 0. The molecule has 1 saturated heterocycles. The van der Waals surface area contributed by atoms with Gasteiger partial charge in [-0.3, -0.25) is 0 Å². The molecule has 0 saturated carbocycles. The van der Waals surface area contributed by atoms with Crippen molar-refractivity contribution in [3.63, 3.8) is 0 Å². The van der Waals surface area contributed by atoms with Crippen LogP contribution in [0.2, 0.25) is 0 Å². The number of alkyl carbamates (subject to hydrolysis) is 1. The van der Waals surface area contributed by atoms with Crippen molar-refractivity contribution in [2.24, 2.45) is 5.92 Å². The Kier molecular flexibility index (Phi) is 3.87. The predicted molar refractivity (Wildman–Crippen MR) is 46.0 cm³/mol. The van der Waals surface area contributed by atoms with Gasteiger partial charge in [-0.1, -0.05) is 0 Å². The van der Waals surface area contributed by atoms with E-state index in [1.54, 1.807) is 0 Å². The zero-order valence-corrected chi connectivity index (χ0v) is 7.43. The van der Waals surface area contributed by atoms with Crippen molar-refractivity contribution < 1.29 is 9.53 Å². The van der Waals surface area contributed by atoms with E-state index in [2.05, 4.69) is 15.4 Å². The second-order valence-corrected chi connectivity index (χ2v) is 3.07. The topological polar surface area (TPSA) is 50.4 Å². The average Bonchev–Trinajstić information content (AvgIpc) is 2.57. The van der Waals surface area contributed by atoms with E-state index in [0.717, 1.165) is 32.0 Å². The van der Waals surface area contributed by atoms with E-state index in [4.69, 9.17) is 0 Å². The molecule has 2 N–H and O–H groups in total. The first-order valence-electron chi connectivity index (χ1n) is 4.35. The Morgan fingerprint density at radius 3 is 3.17 bits per heavy atom. The second kappa shape index (κ2) is 4.98. The standard InChI is InChI=1S/C8H16N2O2/c1-12-8(11)10-5-3-7-2-4-9-6-7/h7,9H,2-6H2,1H3,(H,10,11). The van der Waals surface area contributed by atoms with Gasteiger partial charge >= 0.3 is 6.09 Å². The number of carbonyl (C=O) groups is 1. The first-order chi connectivity index (χ1) is 5.83. The normalized spacial score (nSPS) is 22.2. The third-order valence-electron chi connectivity index (χ3n) is 2.17. The first kappa shape index (κ1) is 9.32. The van der Waals surface area contributed by atoms with E-state index >= 15 is 0 Å². The van der Waals surface area contributed by atoms with Gasteiger partial charge < -0.3 is 15.4 Å². The molecule has 0 radical (unpaired) electrons. The molecule has 1 amide bonds. The maximum Gasteiger partial charge on any atom is 0.406 e. The smallest absolute Gasteiger partial charge is 0.406 e. The Balaban J connectivity index is 1.97. The van der Waals surface area contributed by atoms with Crippen molar-refractivity contribution in [1.29, 1.82) is 0 Å². The number of methoxy groups -OCH3 is 1.